The van der Waals surface area contributed by atoms with Crippen molar-refractivity contribution in [3.8, 4) is 0 Å². The van der Waals surface area contributed by atoms with Gasteiger partial charge in [-0.05, 0) is 18.3 Å². The van der Waals surface area contributed by atoms with E-state index in [0.29, 0.717) is 19.3 Å². The van der Waals surface area contributed by atoms with Crippen LogP contribution in [0.3, 0.4) is 0 Å². The second-order valence-electron chi connectivity index (χ2n) is 7.01. The van der Waals surface area contributed by atoms with Gasteiger partial charge >= 0.3 is 5.97 Å². The van der Waals surface area contributed by atoms with Gasteiger partial charge in [-0.15, -0.1) is 0 Å². The number of aliphatic carboxylic acids is 1. The lowest BCUT2D eigenvalue weighted by molar-refractivity contribution is -0.143. The molecule has 0 heterocycles. The lowest BCUT2D eigenvalue weighted by Crippen LogP contribution is -2.25. The van der Waals surface area contributed by atoms with Crippen molar-refractivity contribution in [1.82, 2.24) is 0 Å². The molecule has 1 N–H and O–H groups in total. The maximum absolute atomic E-state index is 11.8. The molecule has 1 atom stereocenters. The first kappa shape index (κ1) is 16.1. The van der Waals surface area contributed by atoms with Crippen LogP contribution in [0.1, 0.15) is 60.8 Å². The molecular weight excluding hydrogens is 216 g/mol. The van der Waals surface area contributed by atoms with E-state index in [4.69, 9.17) is 5.11 Å². The van der Waals surface area contributed by atoms with Crippen molar-refractivity contribution in [3.63, 3.8) is 0 Å². The van der Waals surface area contributed by atoms with Crippen LogP contribution in [0.2, 0.25) is 0 Å². The molecule has 0 bridgehead atoms. The Balaban J connectivity index is 4.40. The normalized spacial score (nSPS) is 14.5. The average Bonchev–Trinajstić information content (AvgIpc) is 2.07. The van der Waals surface area contributed by atoms with E-state index in [-0.39, 0.29) is 16.6 Å². The summed E-state index contributed by atoms with van der Waals surface area (Å²) in [5.41, 5.74) is -0.390. The highest BCUT2D eigenvalue weighted by molar-refractivity contribution is 5.84. The lowest BCUT2D eigenvalue weighted by atomic mass is 9.80. The van der Waals surface area contributed by atoms with E-state index in [0.717, 1.165) is 0 Å². The van der Waals surface area contributed by atoms with Crippen LogP contribution < -0.4 is 0 Å². The molecule has 0 radical (unpaired) electrons. The van der Waals surface area contributed by atoms with Gasteiger partial charge in [-0.25, -0.2) is 0 Å². The monoisotopic (exact) mass is 242 g/mol. The predicted molar refractivity (Wildman–Crippen MR) is 68.9 cm³/mol. The number of ketones is 1. The molecule has 0 aliphatic rings. The van der Waals surface area contributed by atoms with Gasteiger partial charge in [0, 0.05) is 11.8 Å². The third-order valence-electron chi connectivity index (χ3n) is 2.76. The molecule has 0 fully saturated rings. The maximum atomic E-state index is 11.8. The van der Waals surface area contributed by atoms with Crippen LogP contribution in [0.4, 0.5) is 0 Å². The standard InChI is InChI=1S/C14H26O3/c1-13(2,3)9-10(12(16)17)7-8-11(15)14(4,5)6/h10H,7-9H2,1-6H3,(H,16,17). The second kappa shape index (κ2) is 5.65. The minimum absolute atomic E-state index is 0.0200. The Morgan fingerprint density at radius 1 is 1.06 bits per heavy atom. The van der Waals surface area contributed by atoms with Gasteiger partial charge in [0.05, 0.1) is 5.92 Å². The van der Waals surface area contributed by atoms with Gasteiger partial charge < -0.3 is 5.11 Å². The van der Waals surface area contributed by atoms with Crippen LogP contribution in [0.5, 0.6) is 0 Å². The summed E-state index contributed by atoms with van der Waals surface area (Å²) in [6, 6.07) is 0. The maximum Gasteiger partial charge on any atom is 0.306 e. The van der Waals surface area contributed by atoms with Crippen LogP contribution in [0.15, 0.2) is 0 Å². The predicted octanol–water partition coefficient (Wildman–Crippen LogP) is 3.52. The number of carboxylic acid groups (broad SMARTS) is 1. The van der Waals surface area contributed by atoms with Crippen molar-refractivity contribution >= 4 is 11.8 Å². The number of Topliss-reactive ketones (excluding diaryl/α,β-unsaturated/α-hetero) is 1. The van der Waals surface area contributed by atoms with Gasteiger partial charge in [-0.1, -0.05) is 41.5 Å². The van der Waals surface area contributed by atoms with Crippen LogP contribution in [-0.4, -0.2) is 16.9 Å². The molecule has 0 spiro atoms. The van der Waals surface area contributed by atoms with Crippen LogP contribution in [0, 0.1) is 16.7 Å². The number of hydrogen-bond donors (Lipinski definition) is 1. The molecule has 0 saturated heterocycles. The second-order valence-corrected chi connectivity index (χ2v) is 7.01. The zero-order valence-corrected chi connectivity index (χ0v) is 12.0. The topological polar surface area (TPSA) is 54.4 Å². The minimum Gasteiger partial charge on any atom is -0.481 e. The number of carboxylic acids is 1. The van der Waals surface area contributed by atoms with Crippen molar-refractivity contribution in [2.24, 2.45) is 16.7 Å². The first-order valence-electron chi connectivity index (χ1n) is 6.19. The van der Waals surface area contributed by atoms with Gasteiger partial charge in [0.1, 0.15) is 5.78 Å². The molecule has 0 aromatic carbocycles. The molecule has 0 aliphatic heterocycles. The molecule has 1 unspecified atom stereocenters. The largest absolute Gasteiger partial charge is 0.481 e. The van der Waals surface area contributed by atoms with Crippen molar-refractivity contribution < 1.29 is 14.7 Å². The van der Waals surface area contributed by atoms with Crippen LogP contribution >= 0.6 is 0 Å². The first-order valence-corrected chi connectivity index (χ1v) is 6.19. The van der Waals surface area contributed by atoms with Crippen molar-refractivity contribution in [2.75, 3.05) is 0 Å². The Kier molecular flexibility index (Phi) is 5.37. The Morgan fingerprint density at radius 2 is 1.53 bits per heavy atom. The fraction of sp³-hybridized carbons (Fsp3) is 0.857. The van der Waals surface area contributed by atoms with E-state index < -0.39 is 11.9 Å². The number of carbonyl (C=O) groups excluding carboxylic acids is 1. The highest BCUT2D eigenvalue weighted by atomic mass is 16.4. The zero-order chi connectivity index (χ0) is 13.9. The van der Waals surface area contributed by atoms with Crippen LogP contribution in [-0.2, 0) is 9.59 Å². The molecule has 100 valence electrons. The van der Waals surface area contributed by atoms with E-state index >= 15 is 0 Å². The third kappa shape index (κ3) is 7.14. The molecular formula is C14H26O3. The van der Waals surface area contributed by atoms with E-state index in [1.807, 2.05) is 41.5 Å². The summed E-state index contributed by atoms with van der Waals surface area (Å²) in [7, 11) is 0. The summed E-state index contributed by atoms with van der Waals surface area (Å²) < 4.78 is 0. The summed E-state index contributed by atoms with van der Waals surface area (Å²) in [6.45, 7) is 11.7. The summed E-state index contributed by atoms with van der Waals surface area (Å²) >= 11 is 0. The van der Waals surface area contributed by atoms with Crippen molar-refractivity contribution in [2.45, 2.75) is 60.8 Å². The molecule has 3 nitrogen and oxygen atoms in total. The summed E-state index contributed by atoms with van der Waals surface area (Å²) in [5.74, 6) is -1.07. The Bertz CT molecular complexity index is 279. The number of hydrogen-bond acceptors (Lipinski definition) is 2. The van der Waals surface area contributed by atoms with Gasteiger partial charge in [0.25, 0.3) is 0 Å². The van der Waals surface area contributed by atoms with Crippen molar-refractivity contribution in [1.29, 1.82) is 0 Å². The molecule has 0 aromatic heterocycles. The highest BCUT2D eigenvalue weighted by Crippen LogP contribution is 2.28. The molecule has 0 amide bonds. The Morgan fingerprint density at radius 3 is 1.82 bits per heavy atom. The van der Waals surface area contributed by atoms with E-state index in [1.165, 1.54) is 0 Å². The first-order chi connectivity index (χ1) is 7.43. The molecule has 0 saturated carbocycles. The third-order valence-corrected chi connectivity index (χ3v) is 2.76. The minimum atomic E-state index is -0.790. The number of rotatable bonds is 5. The van der Waals surface area contributed by atoms with Gasteiger partial charge in [0.2, 0.25) is 0 Å². The fourth-order valence-electron chi connectivity index (χ4n) is 1.73. The zero-order valence-electron chi connectivity index (χ0n) is 12.0. The van der Waals surface area contributed by atoms with Crippen molar-refractivity contribution in [3.05, 3.63) is 0 Å². The lowest BCUT2D eigenvalue weighted by Gasteiger charge is -2.24. The smallest absolute Gasteiger partial charge is 0.306 e. The van der Waals surface area contributed by atoms with Gasteiger partial charge in [0.15, 0.2) is 0 Å². The SMILES string of the molecule is CC(C)(C)CC(CCC(=O)C(C)(C)C)C(=O)O. The molecule has 0 aromatic rings. The van der Waals surface area contributed by atoms with E-state index in [1.54, 1.807) is 0 Å². The van der Waals surface area contributed by atoms with E-state index in [2.05, 4.69) is 0 Å². The summed E-state index contributed by atoms with van der Waals surface area (Å²) in [4.78, 5) is 22.9. The fourth-order valence-corrected chi connectivity index (χ4v) is 1.73. The van der Waals surface area contributed by atoms with Gasteiger partial charge in [-0.2, -0.15) is 0 Å². The summed E-state index contributed by atoms with van der Waals surface area (Å²) in [6.07, 6.45) is 1.42. The Hall–Kier alpha value is -0.860. The quantitative estimate of drug-likeness (QED) is 0.802. The van der Waals surface area contributed by atoms with Gasteiger partial charge in [-0.3, -0.25) is 9.59 Å². The average molecular weight is 242 g/mol. The molecule has 0 rings (SSSR count). The molecule has 0 aliphatic carbocycles. The number of carbonyl (C=O) groups is 2. The Labute approximate surface area is 105 Å². The molecule has 3 heteroatoms. The summed E-state index contributed by atoms with van der Waals surface area (Å²) in [5, 5.41) is 9.14. The van der Waals surface area contributed by atoms with E-state index in [9.17, 15) is 9.59 Å². The van der Waals surface area contributed by atoms with Crippen LogP contribution in [0.25, 0.3) is 0 Å². The highest BCUT2D eigenvalue weighted by Gasteiger charge is 2.27. The molecule has 17 heavy (non-hydrogen) atoms.